The lowest BCUT2D eigenvalue weighted by Gasteiger charge is -2.10. The minimum absolute atomic E-state index is 0.596. The summed E-state index contributed by atoms with van der Waals surface area (Å²) in [5, 5.41) is 2.40. The van der Waals surface area contributed by atoms with Crippen LogP contribution in [-0.4, -0.2) is 14.5 Å². The van der Waals surface area contributed by atoms with Gasteiger partial charge in [0.2, 0.25) is 5.89 Å². The van der Waals surface area contributed by atoms with Crippen molar-refractivity contribution in [3.05, 3.63) is 188 Å². The molecule has 0 saturated heterocycles. The normalized spacial score (nSPS) is 11.5. The van der Waals surface area contributed by atoms with Crippen LogP contribution >= 0.6 is 0 Å². The Morgan fingerprint density at radius 3 is 1.88 bits per heavy atom. The quantitative estimate of drug-likeness (QED) is 0.178. The molecule has 0 saturated carbocycles. The zero-order valence-corrected chi connectivity index (χ0v) is 28.1. The fourth-order valence-electron chi connectivity index (χ4n) is 7.38. The first-order valence-corrected chi connectivity index (χ1v) is 17.5. The van der Waals surface area contributed by atoms with Gasteiger partial charge in [0, 0.05) is 45.5 Å². The van der Waals surface area contributed by atoms with E-state index in [1.165, 1.54) is 21.9 Å². The molecule has 0 bridgehead atoms. The van der Waals surface area contributed by atoms with Gasteiger partial charge in [0.15, 0.2) is 5.58 Å². The van der Waals surface area contributed by atoms with Crippen molar-refractivity contribution >= 4 is 32.9 Å². The number of fused-ring (bicyclic) bond motifs is 4. The molecule has 10 rings (SSSR count). The van der Waals surface area contributed by atoms with Crippen LogP contribution in [0.25, 0.3) is 94.6 Å². The summed E-state index contributed by atoms with van der Waals surface area (Å²) in [5.41, 5.74) is 14.8. The molecule has 52 heavy (non-hydrogen) atoms. The average Bonchev–Trinajstić information content (AvgIpc) is 3.81. The van der Waals surface area contributed by atoms with Gasteiger partial charge in [0.05, 0.1) is 11.0 Å². The van der Waals surface area contributed by atoms with E-state index in [0.717, 1.165) is 66.8 Å². The number of aromatic nitrogens is 3. The van der Waals surface area contributed by atoms with E-state index in [9.17, 15) is 0 Å². The molecule has 7 aromatic carbocycles. The van der Waals surface area contributed by atoms with Crippen LogP contribution in [0.5, 0.6) is 0 Å². The third-order valence-corrected chi connectivity index (χ3v) is 9.92. The van der Waals surface area contributed by atoms with E-state index in [4.69, 9.17) is 9.40 Å². The maximum Gasteiger partial charge on any atom is 0.227 e. The van der Waals surface area contributed by atoms with Gasteiger partial charge in [-0.1, -0.05) is 109 Å². The minimum atomic E-state index is 0.596. The van der Waals surface area contributed by atoms with E-state index < -0.39 is 0 Å². The molecule has 4 nitrogen and oxygen atoms in total. The van der Waals surface area contributed by atoms with Crippen molar-refractivity contribution in [2.45, 2.75) is 0 Å². The SMILES string of the molecule is c1ccc(-c2ccc(-c3nc4c(-c5ccc6c(c5)c5ccccc5n6-c5ccccc5)cc(-c5cccc(-c6cccnc6)c5)cc4o3)cc2)cc1. The molecule has 0 N–H and O–H groups in total. The number of rotatable bonds is 6. The molecule has 0 fully saturated rings. The first-order valence-electron chi connectivity index (χ1n) is 17.5. The number of nitrogens with zero attached hydrogens (tertiary/aromatic N) is 3. The molecule has 10 aromatic rings. The standard InChI is InChI=1S/C48H31N3O/c1-3-11-32(12-4-1)33-20-22-34(23-21-33)48-50-47-42(29-39(30-46(47)52-48)36-14-9-13-35(27-36)38-15-10-26-49-31-38)37-24-25-45-43(28-37)41-18-7-8-19-44(41)51(45)40-16-5-2-6-17-40/h1-31H. The molecule has 0 aliphatic carbocycles. The Bertz CT molecular complexity index is 2870. The molecule has 0 amide bonds. The van der Waals surface area contributed by atoms with Crippen molar-refractivity contribution in [2.24, 2.45) is 0 Å². The summed E-state index contributed by atoms with van der Waals surface area (Å²) in [7, 11) is 0. The molecule has 0 unspecified atom stereocenters. The summed E-state index contributed by atoms with van der Waals surface area (Å²) in [4.78, 5) is 9.53. The van der Waals surface area contributed by atoms with E-state index in [2.05, 4.69) is 173 Å². The van der Waals surface area contributed by atoms with Gasteiger partial charge in [-0.25, -0.2) is 4.98 Å². The average molecular weight is 666 g/mol. The van der Waals surface area contributed by atoms with E-state index in [0.29, 0.717) is 5.89 Å². The van der Waals surface area contributed by atoms with Crippen LogP contribution in [0.1, 0.15) is 0 Å². The van der Waals surface area contributed by atoms with Crippen molar-refractivity contribution in [1.82, 2.24) is 14.5 Å². The predicted octanol–water partition coefficient (Wildman–Crippen LogP) is 12.7. The first-order chi connectivity index (χ1) is 25.8. The van der Waals surface area contributed by atoms with Gasteiger partial charge in [0.1, 0.15) is 5.52 Å². The van der Waals surface area contributed by atoms with Crippen LogP contribution in [0, 0.1) is 0 Å². The van der Waals surface area contributed by atoms with E-state index in [1.54, 1.807) is 6.20 Å². The molecular formula is C48H31N3O. The smallest absolute Gasteiger partial charge is 0.227 e. The number of hydrogen-bond acceptors (Lipinski definition) is 3. The van der Waals surface area contributed by atoms with Crippen molar-refractivity contribution in [1.29, 1.82) is 0 Å². The largest absolute Gasteiger partial charge is 0.436 e. The fourth-order valence-corrected chi connectivity index (χ4v) is 7.38. The third-order valence-electron chi connectivity index (χ3n) is 9.92. The zero-order chi connectivity index (χ0) is 34.4. The highest BCUT2D eigenvalue weighted by molar-refractivity contribution is 6.11. The number of pyridine rings is 1. The molecular weight excluding hydrogens is 635 g/mol. The number of oxazole rings is 1. The highest BCUT2D eigenvalue weighted by Gasteiger charge is 2.19. The van der Waals surface area contributed by atoms with Crippen LogP contribution in [0.2, 0.25) is 0 Å². The summed E-state index contributed by atoms with van der Waals surface area (Å²) in [6.07, 6.45) is 3.71. The fraction of sp³-hybridized carbons (Fsp3) is 0. The Kier molecular flexibility index (Phi) is 7.10. The Hall–Kier alpha value is -7.04. The summed E-state index contributed by atoms with van der Waals surface area (Å²) in [6.45, 7) is 0. The van der Waals surface area contributed by atoms with Crippen LogP contribution < -0.4 is 0 Å². The monoisotopic (exact) mass is 665 g/mol. The van der Waals surface area contributed by atoms with Gasteiger partial charge in [0.25, 0.3) is 0 Å². The number of para-hydroxylation sites is 2. The summed E-state index contributed by atoms with van der Waals surface area (Å²) >= 11 is 0. The second-order valence-electron chi connectivity index (χ2n) is 13.1. The summed E-state index contributed by atoms with van der Waals surface area (Å²) in [6, 6.07) is 61.9. The topological polar surface area (TPSA) is 43.9 Å². The number of benzene rings is 7. The molecule has 0 radical (unpaired) electrons. The maximum atomic E-state index is 6.63. The van der Waals surface area contributed by atoms with Gasteiger partial charge >= 0.3 is 0 Å². The highest BCUT2D eigenvalue weighted by atomic mass is 16.3. The molecule has 0 spiro atoms. The Labute approximate surface area is 300 Å². The molecule has 4 heteroatoms. The second-order valence-corrected chi connectivity index (χ2v) is 13.1. The van der Waals surface area contributed by atoms with Crippen LogP contribution in [0.4, 0.5) is 0 Å². The first kappa shape index (κ1) is 29.8. The lowest BCUT2D eigenvalue weighted by molar-refractivity contribution is 0.620. The van der Waals surface area contributed by atoms with E-state index >= 15 is 0 Å². The molecule has 0 atom stereocenters. The Morgan fingerprint density at radius 2 is 1.08 bits per heavy atom. The zero-order valence-electron chi connectivity index (χ0n) is 28.1. The van der Waals surface area contributed by atoms with E-state index in [1.807, 2.05) is 18.3 Å². The Morgan fingerprint density at radius 1 is 0.423 bits per heavy atom. The lowest BCUT2D eigenvalue weighted by atomic mass is 9.95. The van der Waals surface area contributed by atoms with Crippen molar-refractivity contribution in [3.63, 3.8) is 0 Å². The van der Waals surface area contributed by atoms with Crippen molar-refractivity contribution in [2.75, 3.05) is 0 Å². The maximum absolute atomic E-state index is 6.63. The van der Waals surface area contributed by atoms with Gasteiger partial charge in [-0.3, -0.25) is 4.98 Å². The molecule has 0 aliphatic heterocycles. The van der Waals surface area contributed by atoms with Gasteiger partial charge in [-0.05, 0) is 100 Å². The van der Waals surface area contributed by atoms with Crippen molar-refractivity contribution in [3.8, 4) is 61.6 Å². The van der Waals surface area contributed by atoms with E-state index in [-0.39, 0.29) is 0 Å². The summed E-state index contributed by atoms with van der Waals surface area (Å²) < 4.78 is 8.98. The van der Waals surface area contributed by atoms with Crippen LogP contribution in [-0.2, 0) is 0 Å². The highest BCUT2D eigenvalue weighted by Crippen LogP contribution is 2.40. The Balaban J connectivity index is 1.16. The molecule has 0 aliphatic rings. The number of hydrogen-bond donors (Lipinski definition) is 0. The molecule has 244 valence electrons. The molecule has 3 aromatic heterocycles. The van der Waals surface area contributed by atoms with Crippen LogP contribution in [0.15, 0.2) is 193 Å². The van der Waals surface area contributed by atoms with Gasteiger partial charge in [-0.15, -0.1) is 0 Å². The minimum Gasteiger partial charge on any atom is -0.436 e. The molecule has 3 heterocycles. The van der Waals surface area contributed by atoms with Crippen molar-refractivity contribution < 1.29 is 4.42 Å². The predicted molar refractivity (Wildman–Crippen MR) is 213 cm³/mol. The lowest BCUT2D eigenvalue weighted by Crippen LogP contribution is -1.93. The third kappa shape index (κ3) is 5.17. The van der Waals surface area contributed by atoms with Gasteiger partial charge in [-0.2, -0.15) is 0 Å². The second kappa shape index (κ2) is 12.4. The van der Waals surface area contributed by atoms with Gasteiger partial charge < -0.3 is 8.98 Å². The van der Waals surface area contributed by atoms with Crippen LogP contribution in [0.3, 0.4) is 0 Å². The summed E-state index contributed by atoms with van der Waals surface area (Å²) in [5.74, 6) is 0.596.